The van der Waals surface area contributed by atoms with E-state index in [4.69, 9.17) is 29.2 Å². The molecule has 3 aromatic rings. The van der Waals surface area contributed by atoms with Crippen LogP contribution in [-0.4, -0.2) is 74.2 Å². The summed E-state index contributed by atoms with van der Waals surface area (Å²) in [7, 11) is 0. The van der Waals surface area contributed by atoms with Crippen LogP contribution in [-0.2, 0) is 19.8 Å². The second-order valence-electron chi connectivity index (χ2n) is 12.6. The molecule has 0 radical (unpaired) electrons. The Labute approximate surface area is 239 Å². The van der Waals surface area contributed by atoms with Gasteiger partial charge < -0.3 is 19.3 Å². The number of rotatable bonds is 6. The van der Waals surface area contributed by atoms with E-state index in [1.165, 1.54) is 0 Å². The quantitative estimate of drug-likeness (QED) is 0.491. The minimum atomic E-state index is -1.86. The average Bonchev–Trinajstić information content (AvgIpc) is 3.63. The fourth-order valence-electron chi connectivity index (χ4n) is 4.87. The van der Waals surface area contributed by atoms with Gasteiger partial charge in [-0.2, -0.15) is 0 Å². The molecule has 3 aromatic heterocycles. The zero-order chi connectivity index (χ0) is 29.0. The molecule has 41 heavy (non-hydrogen) atoms. The summed E-state index contributed by atoms with van der Waals surface area (Å²) in [6, 6.07) is 10.7. The first-order valence-corrected chi connectivity index (χ1v) is 13.6. The van der Waals surface area contributed by atoms with Crippen molar-refractivity contribution in [1.29, 1.82) is 0 Å². The van der Waals surface area contributed by atoms with Gasteiger partial charge in [0.1, 0.15) is 19.8 Å². The van der Waals surface area contributed by atoms with Gasteiger partial charge in [-0.25, -0.2) is 15.0 Å². The standard InChI is InChI=1S/C31H34N6O4/c1-28(2)16-39-25(35-28)19-7-10-32-22(13-19)31(38,23-14-20(8-11-33-23)26-36-29(3,4)17-40-26)24-15-21(9-12-34-24)27-37-30(5,6)18-41-27/h7-15,38H,16-18H2,1-6H3. The maximum atomic E-state index is 12.7. The fraction of sp³-hybridized carbons (Fsp3) is 0.419. The third kappa shape index (κ3) is 5.19. The lowest BCUT2D eigenvalue weighted by Gasteiger charge is -2.27. The molecule has 10 heteroatoms. The summed E-state index contributed by atoms with van der Waals surface area (Å²) < 4.78 is 17.7. The van der Waals surface area contributed by atoms with Crippen molar-refractivity contribution < 1.29 is 19.3 Å². The molecule has 0 saturated carbocycles. The lowest BCUT2D eigenvalue weighted by Crippen LogP contribution is -2.33. The van der Waals surface area contributed by atoms with Gasteiger partial charge in [-0.1, -0.05) is 0 Å². The Morgan fingerprint density at radius 3 is 1.10 bits per heavy atom. The molecule has 6 heterocycles. The highest BCUT2D eigenvalue weighted by Crippen LogP contribution is 2.36. The number of hydrogen-bond donors (Lipinski definition) is 1. The first kappa shape index (κ1) is 27.0. The van der Waals surface area contributed by atoms with Crippen molar-refractivity contribution in [3.8, 4) is 0 Å². The summed E-state index contributed by atoms with van der Waals surface area (Å²) in [5.41, 5.74) is 0.134. The van der Waals surface area contributed by atoms with Crippen LogP contribution < -0.4 is 0 Å². The highest BCUT2D eigenvalue weighted by Gasteiger charge is 2.41. The Morgan fingerprint density at radius 2 is 0.854 bits per heavy atom. The number of ether oxygens (including phenoxy) is 3. The number of nitrogens with zero attached hydrogens (tertiary/aromatic N) is 6. The summed E-state index contributed by atoms with van der Waals surface area (Å²) in [4.78, 5) is 28.0. The van der Waals surface area contributed by atoms with Crippen molar-refractivity contribution in [2.24, 2.45) is 15.0 Å². The van der Waals surface area contributed by atoms with E-state index in [0.717, 1.165) is 0 Å². The minimum absolute atomic E-state index is 0.310. The number of hydrogen-bond acceptors (Lipinski definition) is 10. The molecule has 0 amide bonds. The fourth-order valence-corrected chi connectivity index (χ4v) is 4.87. The molecule has 0 unspecified atom stereocenters. The molecular weight excluding hydrogens is 520 g/mol. The van der Waals surface area contributed by atoms with Crippen LogP contribution in [0.2, 0.25) is 0 Å². The first-order chi connectivity index (χ1) is 19.3. The molecular formula is C31H34N6O4. The molecule has 0 saturated heterocycles. The van der Waals surface area contributed by atoms with Gasteiger partial charge in [-0.3, -0.25) is 15.0 Å². The highest BCUT2D eigenvalue weighted by atomic mass is 16.5. The van der Waals surface area contributed by atoms with Crippen molar-refractivity contribution in [2.75, 3.05) is 19.8 Å². The van der Waals surface area contributed by atoms with Crippen LogP contribution in [0.1, 0.15) is 75.3 Å². The predicted molar refractivity (Wildman–Crippen MR) is 155 cm³/mol. The van der Waals surface area contributed by atoms with Gasteiger partial charge in [0.15, 0.2) is 5.60 Å². The van der Waals surface area contributed by atoms with Crippen molar-refractivity contribution in [3.63, 3.8) is 0 Å². The summed E-state index contributed by atoms with van der Waals surface area (Å²) in [5.74, 6) is 1.49. The van der Waals surface area contributed by atoms with Crippen LogP contribution in [0.3, 0.4) is 0 Å². The lowest BCUT2D eigenvalue weighted by atomic mass is 9.87. The lowest BCUT2D eigenvalue weighted by molar-refractivity contribution is 0.111. The van der Waals surface area contributed by atoms with E-state index in [1.54, 1.807) is 36.8 Å². The van der Waals surface area contributed by atoms with Gasteiger partial charge in [0, 0.05) is 35.3 Å². The number of aliphatic hydroxyl groups is 1. The van der Waals surface area contributed by atoms with E-state index in [2.05, 4.69) is 15.0 Å². The van der Waals surface area contributed by atoms with Gasteiger partial charge >= 0.3 is 0 Å². The van der Waals surface area contributed by atoms with Crippen LogP contribution >= 0.6 is 0 Å². The van der Waals surface area contributed by atoms with E-state index in [1.807, 2.05) is 59.7 Å². The molecule has 0 bridgehead atoms. The van der Waals surface area contributed by atoms with Gasteiger partial charge in [0.05, 0.1) is 33.7 Å². The van der Waals surface area contributed by atoms with Crippen LogP contribution in [0, 0.1) is 0 Å². The first-order valence-electron chi connectivity index (χ1n) is 13.6. The second kappa shape index (κ2) is 9.44. The Balaban J connectivity index is 1.51. The molecule has 212 valence electrons. The highest BCUT2D eigenvalue weighted by molar-refractivity contribution is 5.97. The Bertz CT molecular complexity index is 1420. The minimum Gasteiger partial charge on any atom is -0.475 e. The van der Waals surface area contributed by atoms with Gasteiger partial charge in [0.2, 0.25) is 17.7 Å². The summed E-state index contributed by atoms with van der Waals surface area (Å²) in [6.45, 7) is 13.4. The normalized spacial score (nSPS) is 20.4. The van der Waals surface area contributed by atoms with Crippen molar-refractivity contribution in [2.45, 2.75) is 63.8 Å². The van der Waals surface area contributed by atoms with E-state index >= 15 is 0 Å². The van der Waals surface area contributed by atoms with Gasteiger partial charge in [-0.15, -0.1) is 0 Å². The number of pyridine rings is 3. The maximum Gasteiger partial charge on any atom is 0.216 e. The van der Waals surface area contributed by atoms with Crippen LogP contribution in [0.15, 0.2) is 70.0 Å². The van der Waals surface area contributed by atoms with Crippen molar-refractivity contribution in [1.82, 2.24) is 15.0 Å². The molecule has 10 nitrogen and oxygen atoms in total. The van der Waals surface area contributed by atoms with E-state index in [0.29, 0.717) is 71.3 Å². The maximum absolute atomic E-state index is 12.7. The molecule has 1 N–H and O–H groups in total. The van der Waals surface area contributed by atoms with Crippen molar-refractivity contribution in [3.05, 3.63) is 88.8 Å². The Kier molecular flexibility index (Phi) is 6.22. The molecule has 3 aliphatic rings. The largest absolute Gasteiger partial charge is 0.475 e. The third-order valence-corrected chi connectivity index (χ3v) is 7.03. The summed E-state index contributed by atoms with van der Waals surface area (Å²) in [6.07, 6.45) is 4.87. The van der Waals surface area contributed by atoms with Crippen LogP contribution in [0.5, 0.6) is 0 Å². The van der Waals surface area contributed by atoms with E-state index in [-0.39, 0.29) is 16.6 Å². The van der Waals surface area contributed by atoms with Gasteiger partial charge in [0.25, 0.3) is 0 Å². The zero-order valence-electron chi connectivity index (χ0n) is 24.2. The van der Waals surface area contributed by atoms with Gasteiger partial charge in [-0.05, 0) is 77.9 Å². The molecule has 0 atom stereocenters. The SMILES string of the molecule is CC1(C)COC(c2ccnc(C(O)(c3cc(C4=NC(C)(C)CO4)ccn3)c3cc(C4=NC(C)(C)CO4)ccn3)c2)=N1. The molecule has 0 aromatic carbocycles. The van der Waals surface area contributed by atoms with Crippen LogP contribution in [0.4, 0.5) is 0 Å². The second-order valence-corrected chi connectivity index (χ2v) is 12.6. The van der Waals surface area contributed by atoms with E-state index in [9.17, 15) is 5.11 Å². The third-order valence-electron chi connectivity index (χ3n) is 7.03. The van der Waals surface area contributed by atoms with E-state index < -0.39 is 5.60 Å². The molecule has 0 aliphatic carbocycles. The Morgan fingerprint density at radius 1 is 0.561 bits per heavy atom. The monoisotopic (exact) mass is 554 g/mol. The zero-order valence-corrected chi connectivity index (χ0v) is 24.2. The number of aromatic nitrogens is 3. The molecule has 6 rings (SSSR count). The number of aliphatic imine (C=N–C) groups is 3. The smallest absolute Gasteiger partial charge is 0.216 e. The van der Waals surface area contributed by atoms with Crippen molar-refractivity contribution >= 4 is 17.7 Å². The predicted octanol–water partition coefficient (Wildman–Crippen LogP) is 3.82. The van der Waals surface area contributed by atoms with Crippen LogP contribution in [0.25, 0.3) is 0 Å². The summed E-state index contributed by atoms with van der Waals surface area (Å²) in [5, 5.41) is 12.7. The molecule has 3 aliphatic heterocycles. The average molecular weight is 555 g/mol. The Hall–Kier alpha value is -4.18. The molecule has 0 spiro atoms. The summed E-state index contributed by atoms with van der Waals surface area (Å²) >= 11 is 0. The topological polar surface area (TPSA) is 124 Å². The molecule has 0 fully saturated rings.